The second kappa shape index (κ2) is 8.64. The highest BCUT2D eigenvalue weighted by molar-refractivity contribution is 6.30. The molecule has 134 valence electrons. The maximum atomic E-state index is 12.3. The number of pyridine rings is 1. The number of benzene rings is 1. The van der Waals surface area contributed by atoms with Gasteiger partial charge in [-0.1, -0.05) is 47.8 Å². The van der Waals surface area contributed by atoms with Gasteiger partial charge in [0.25, 0.3) is 5.56 Å². The summed E-state index contributed by atoms with van der Waals surface area (Å²) in [5, 5.41) is 4.53. The van der Waals surface area contributed by atoms with Gasteiger partial charge in [0.1, 0.15) is 18.9 Å². The Labute approximate surface area is 162 Å². The third-order valence-corrected chi connectivity index (χ3v) is 4.05. The fraction of sp³-hybridized carbons (Fsp3) is 0.158. The summed E-state index contributed by atoms with van der Waals surface area (Å²) < 4.78 is 6.59. The normalized spacial score (nSPS) is 10.6. The molecule has 1 aromatic carbocycles. The van der Waals surface area contributed by atoms with Gasteiger partial charge in [-0.2, -0.15) is 5.10 Å². The van der Waals surface area contributed by atoms with Gasteiger partial charge in [-0.05, 0) is 12.1 Å². The third-order valence-electron chi connectivity index (χ3n) is 3.82. The number of aromatic nitrogens is 3. The van der Waals surface area contributed by atoms with Gasteiger partial charge in [-0.25, -0.2) is 4.68 Å². The topological polar surface area (TPSA) is 74.1 Å². The molecule has 2 heterocycles. The summed E-state index contributed by atoms with van der Waals surface area (Å²) in [6.07, 6.45) is 3.31. The molecule has 0 aliphatic rings. The Morgan fingerprint density at radius 3 is 2.56 bits per heavy atom. The van der Waals surface area contributed by atoms with Crippen LogP contribution in [0, 0.1) is 0 Å². The molecule has 0 saturated carbocycles. The van der Waals surface area contributed by atoms with Crippen molar-refractivity contribution in [3.05, 3.63) is 87.1 Å². The molecule has 0 N–H and O–H groups in total. The van der Waals surface area contributed by atoms with Crippen LogP contribution in [0.2, 0.25) is 5.02 Å². The lowest BCUT2D eigenvalue weighted by Crippen LogP contribution is -2.26. The molecule has 6 nitrogen and oxygen atoms in total. The van der Waals surface area contributed by atoms with E-state index in [2.05, 4.69) is 10.1 Å². The van der Waals surface area contributed by atoms with Gasteiger partial charge in [-0.3, -0.25) is 14.6 Å². The summed E-state index contributed by atoms with van der Waals surface area (Å²) >= 11 is 5.78. The third kappa shape index (κ3) is 5.04. The Balaban J connectivity index is 1.64. The highest BCUT2D eigenvalue weighted by Gasteiger charge is 2.10. The molecule has 3 rings (SSSR count). The molecular weight excluding hydrogens is 364 g/mol. The van der Waals surface area contributed by atoms with E-state index in [0.717, 1.165) is 10.2 Å². The number of carbonyl (C=O) groups is 1. The van der Waals surface area contributed by atoms with Crippen LogP contribution in [-0.4, -0.2) is 28.4 Å². The van der Waals surface area contributed by atoms with Gasteiger partial charge in [0.05, 0.1) is 24.8 Å². The number of nitrogens with zero attached hydrogens (tertiary/aromatic N) is 3. The fourth-order valence-corrected chi connectivity index (χ4v) is 2.43. The Hall–Kier alpha value is -2.93. The van der Waals surface area contributed by atoms with Crippen molar-refractivity contribution < 1.29 is 9.53 Å². The van der Waals surface area contributed by atoms with Crippen molar-refractivity contribution in [3.63, 3.8) is 0 Å². The first kappa shape index (κ1) is 18.9. The zero-order valence-corrected chi connectivity index (χ0v) is 15.1. The molecule has 8 heteroatoms. The van der Waals surface area contributed by atoms with Gasteiger partial charge in [0.15, 0.2) is 5.78 Å². The summed E-state index contributed by atoms with van der Waals surface area (Å²) in [5.74, 6) is 0.0833. The van der Waals surface area contributed by atoms with Crippen LogP contribution in [-0.2, 0) is 19.5 Å². The van der Waals surface area contributed by atoms with Crippen LogP contribution >= 0.6 is 11.6 Å². The molecule has 27 heavy (non-hydrogen) atoms. The SMILES string of the molecule is [B]Cc1ccc(C(=O)Cn2ncc(OCc3ccc(Cl)cn3)cc2=O)cc1. The number of hydrogen-bond acceptors (Lipinski definition) is 5. The monoisotopic (exact) mass is 379 g/mol. The van der Waals surface area contributed by atoms with E-state index in [4.69, 9.17) is 24.2 Å². The summed E-state index contributed by atoms with van der Waals surface area (Å²) in [6, 6.07) is 11.7. The molecule has 0 bridgehead atoms. The van der Waals surface area contributed by atoms with E-state index in [1.54, 1.807) is 36.4 Å². The number of halogens is 1. The predicted octanol–water partition coefficient (Wildman–Crippen LogP) is 2.42. The zero-order valence-electron chi connectivity index (χ0n) is 14.3. The molecule has 0 fully saturated rings. The highest BCUT2D eigenvalue weighted by Crippen LogP contribution is 2.10. The lowest BCUT2D eigenvalue weighted by Gasteiger charge is -2.08. The van der Waals surface area contributed by atoms with E-state index < -0.39 is 5.56 Å². The minimum Gasteiger partial charge on any atom is -0.485 e. The summed E-state index contributed by atoms with van der Waals surface area (Å²) in [5.41, 5.74) is 1.66. The van der Waals surface area contributed by atoms with Crippen LogP contribution in [0.3, 0.4) is 0 Å². The van der Waals surface area contributed by atoms with Crippen molar-refractivity contribution in [1.82, 2.24) is 14.8 Å². The maximum Gasteiger partial charge on any atom is 0.270 e. The molecule has 0 atom stereocenters. The molecule has 3 aromatic rings. The molecule has 2 radical (unpaired) electrons. The first-order valence-corrected chi connectivity index (χ1v) is 8.55. The maximum absolute atomic E-state index is 12.3. The summed E-state index contributed by atoms with van der Waals surface area (Å²) in [6.45, 7) is 0.0224. The summed E-state index contributed by atoms with van der Waals surface area (Å²) in [4.78, 5) is 28.6. The van der Waals surface area contributed by atoms with Gasteiger partial charge < -0.3 is 4.74 Å². The van der Waals surface area contributed by atoms with Crippen LogP contribution in [0.25, 0.3) is 0 Å². The van der Waals surface area contributed by atoms with E-state index in [1.165, 1.54) is 18.5 Å². The molecular formula is C19H15BClN3O3. The predicted molar refractivity (Wildman–Crippen MR) is 102 cm³/mol. The standard InChI is InChI=1S/C19H15BClN3O3/c20-8-13-1-3-14(4-2-13)18(25)11-24-19(26)7-17(10-23-24)27-12-16-6-5-15(21)9-22-16/h1-7,9-10H,8,11-12H2. The average molecular weight is 380 g/mol. The average Bonchev–Trinajstić information content (AvgIpc) is 2.69. The van der Waals surface area contributed by atoms with Crippen molar-refractivity contribution in [2.75, 3.05) is 0 Å². The number of hydrogen-bond donors (Lipinski definition) is 0. The molecule has 0 saturated heterocycles. The number of ether oxygens (including phenoxy) is 1. The Morgan fingerprint density at radius 2 is 1.93 bits per heavy atom. The van der Waals surface area contributed by atoms with Crippen molar-refractivity contribution in [2.24, 2.45) is 0 Å². The first-order valence-electron chi connectivity index (χ1n) is 8.18. The molecule has 2 aromatic heterocycles. The largest absolute Gasteiger partial charge is 0.485 e. The van der Waals surface area contributed by atoms with Crippen molar-refractivity contribution in [1.29, 1.82) is 0 Å². The molecule has 0 unspecified atom stereocenters. The number of ketones is 1. The first-order chi connectivity index (χ1) is 13.0. The Morgan fingerprint density at radius 1 is 1.15 bits per heavy atom. The minimum atomic E-state index is -0.427. The van der Waals surface area contributed by atoms with E-state index in [0.29, 0.717) is 28.3 Å². The van der Waals surface area contributed by atoms with Gasteiger partial charge >= 0.3 is 0 Å². The molecule has 0 spiro atoms. The summed E-state index contributed by atoms with van der Waals surface area (Å²) in [7, 11) is 5.54. The lowest BCUT2D eigenvalue weighted by atomic mass is 9.96. The number of carbonyl (C=O) groups excluding carboxylic acids is 1. The van der Waals surface area contributed by atoms with Gasteiger partial charge in [0, 0.05) is 17.8 Å². The molecule has 0 amide bonds. The number of Topliss-reactive ketones (excluding diaryl/α,β-unsaturated/α-hetero) is 1. The quantitative estimate of drug-likeness (QED) is 0.465. The molecule has 0 aliphatic heterocycles. The molecule has 0 aliphatic carbocycles. The fourth-order valence-electron chi connectivity index (χ4n) is 2.32. The zero-order chi connectivity index (χ0) is 19.2. The van der Waals surface area contributed by atoms with Crippen LogP contribution in [0.4, 0.5) is 0 Å². The van der Waals surface area contributed by atoms with E-state index in [-0.39, 0.29) is 18.9 Å². The lowest BCUT2D eigenvalue weighted by molar-refractivity contribution is 0.0965. The van der Waals surface area contributed by atoms with Gasteiger partial charge in [-0.15, -0.1) is 0 Å². The van der Waals surface area contributed by atoms with Crippen LogP contribution in [0.1, 0.15) is 21.6 Å². The van der Waals surface area contributed by atoms with Crippen LogP contribution < -0.4 is 10.3 Å². The second-order valence-electron chi connectivity index (χ2n) is 5.77. The van der Waals surface area contributed by atoms with Crippen molar-refractivity contribution in [3.8, 4) is 5.75 Å². The Bertz CT molecular complexity index is 988. The van der Waals surface area contributed by atoms with Crippen LogP contribution in [0.5, 0.6) is 5.75 Å². The van der Waals surface area contributed by atoms with E-state index in [1.807, 2.05) is 0 Å². The van der Waals surface area contributed by atoms with E-state index in [9.17, 15) is 9.59 Å². The van der Waals surface area contributed by atoms with Gasteiger partial charge in [0.2, 0.25) is 0 Å². The Kier molecular flexibility index (Phi) is 6.03. The van der Waals surface area contributed by atoms with Crippen molar-refractivity contribution >= 4 is 25.2 Å². The highest BCUT2D eigenvalue weighted by atomic mass is 35.5. The second-order valence-corrected chi connectivity index (χ2v) is 6.20. The van der Waals surface area contributed by atoms with E-state index >= 15 is 0 Å². The van der Waals surface area contributed by atoms with Crippen LogP contribution in [0.15, 0.2) is 59.7 Å². The minimum absolute atomic E-state index is 0.153. The number of rotatable bonds is 7. The smallest absolute Gasteiger partial charge is 0.270 e. The van der Waals surface area contributed by atoms with Crippen molar-refractivity contribution in [2.45, 2.75) is 19.5 Å².